The highest BCUT2D eigenvalue weighted by Crippen LogP contribution is 2.23. The Morgan fingerprint density at radius 2 is 1.97 bits per heavy atom. The number of anilines is 1. The summed E-state index contributed by atoms with van der Waals surface area (Å²) < 4.78 is 16.0. The molecule has 3 aromatic rings. The zero-order valence-electron chi connectivity index (χ0n) is 17.3. The molecule has 0 spiro atoms. The van der Waals surface area contributed by atoms with Gasteiger partial charge >= 0.3 is 0 Å². The lowest BCUT2D eigenvalue weighted by Crippen LogP contribution is -2.27. The van der Waals surface area contributed by atoms with Crippen LogP contribution in [0.1, 0.15) is 18.3 Å². The van der Waals surface area contributed by atoms with Crippen molar-refractivity contribution in [3.05, 3.63) is 82.0 Å². The maximum Gasteiger partial charge on any atom is 0.253 e. The Morgan fingerprint density at radius 1 is 1.25 bits per heavy atom. The number of nitrogens with one attached hydrogen (secondary N) is 2. The Kier molecular flexibility index (Phi) is 8.80. The number of thioether (sulfide) groups is 1. The van der Waals surface area contributed by atoms with Crippen LogP contribution in [-0.2, 0) is 17.9 Å². The van der Waals surface area contributed by atoms with Crippen LogP contribution in [0.25, 0.3) is 0 Å². The number of aromatic nitrogens is 3. The van der Waals surface area contributed by atoms with Crippen molar-refractivity contribution in [2.75, 3.05) is 5.32 Å². The van der Waals surface area contributed by atoms with E-state index in [9.17, 15) is 9.18 Å². The summed E-state index contributed by atoms with van der Waals surface area (Å²) in [4.78, 5) is 12.4. The van der Waals surface area contributed by atoms with Crippen molar-refractivity contribution < 1.29 is 9.18 Å². The Labute approximate surface area is 203 Å². The fraction of sp³-hybridized carbons (Fsp3) is 0.182. The number of rotatable bonds is 10. The maximum absolute atomic E-state index is 12.9. The molecule has 0 saturated carbocycles. The molecule has 1 atom stereocenters. The first kappa shape index (κ1) is 23.9. The van der Waals surface area contributed by atoms with Crippen molar-refractivity contribution in [3.8, 4) is 0 Å². The molecule has 0 aliphatic heterocycles. The van der Waals surface area contributed by atoms with Crippen LogP contribution in [0.15, 0.2) is 71.4 Å². The van der Waals surface area contributed by atoms with Gasteiger partial charge in [-0.3, -0.25) is 4.79 Å². The number of carbonyl (C=O) groups excluding carboxylic acids is 1. The van der Waals surface area contributed by atoms with Crippen LogP contribution in [0.5, 0.6) is 0 Å². The van der Waals surface area contributed by atoms with Crippen molar-refractivity contribution in [2.45, 2.75) is 30.4 Å². The van der Waals surface area contributed by atoms with Gasteiger partial charge in [0, 0.05) is 15.8 Å². The molecule has 166 valence electrons. The smallest absolute Gasteiger partial charge is 0.253 e. The fourth-order valence-electron chi connectivity index (χ4n) is 2.62. The molecule has 10 heteroatoms. The molecule has 0 bridgehead atoms. The van der Waals surface area contributed by atoms with E-state index < -0.39 is 5.25 Å². The van der Waals surface area contributed by atoms with Gasteiger partial charge in [0.15, 0.2) is 11.0 Å². The topological polar surface area (TPSA) is 84.2 Å². The van der Waals surface area contributed by atoms with Crippen LogP contribution in [0, 0.1) is 9.39 Å². The summed E-state index contributed by atoms with van der Waals surface area (Å²) in [6.45, 7) is 6.59. The molecule has 1 aromatic heterocycles. The van der Waals surface area contributed by atoms with Crippen molar-refractivity contribution >= 4 is 52.2 Å². The second-order valence-electron chi connectivity index (χ2n) is 6.70. The molecule has 1 heterocycles. The quantitative estimate of drug-likeness (QED) is 0.125. The van der Waals surface area contributed by atoms with Gasteiger partial charge in [0.05, 0.1) is 18.0 Å². The maximum atomic E-state index is 12.9. The van der Waals surface area contributed by atoms with Gasteiger partial charge in [0.1, 0.15) is 5.82 Å². The minimum Gasteiger partial charge on any atom is -0.378 e. The largest absolute Gasteiger partial charge is 0.378 e. The molecule has 1 unspecified atom stereocenters. The van der Waals surface area contributed by atoms with E-state index in [0.717, 1.165) is 15.1 Å². The van der Waals surface area contributed by atoms with Gasteiger partial charge in [0.2, 0.25) is 0 Å². The van der Waals surface area contributed by atoms with E-state index in [1.165, 1.54) is 30.1 Å². The van der Waals surface area contributed by atoms with E-state index in [4.69, 9.17) is 0 Å². The molecule has 0 aliphatic carbocycles. The lowest BCUT2D eigenvalue weighted by Gasteiger charge is -2.12. The monoisotopic (exact) mass is 564 g/mol. The molecule has 3 rings (SSSR count). The molecule has 0 aliphatic rings. The van der Waals surface area contributed by atoms with Gasteiger partial charge < -0.3 is 9.88 Å². The predicted octanol–water partition coefficient (Wildman–Crippen LogP) is 4.45. The zero-order valence-corrected chi connectivity index (χ0v) is 20.3. The first-order valence-electron chi connectivity index (χ1n) is 9.74. The fourth-order valence-corrected chi connectivity index (χ4v) is 3.85. The number of halogens is 2. The van der Waals surface area contributed by atoms with Crippen molar-refractivity contribution in [3.63, 3.8) is 0 Å². The van der Waals surface area contributed by atoms with Crippen LogP contribution in [0.3, 0.4) is 0 Å². The molecule has 0 saturated heterocycles. The third-order valence-electron chi connectivity index (χ3n) is 4.31. The summed E-state index contributed by atoms with van der Waals surface area (Å²) in [6.07, 6.45) is 3.23. The number of hydrogen-bond donors (Lipinski definition) is 2. The van der Waals surface area contributed by atoms with E-state index in [2.05, 4.69) is 55.2 Å². The molecule has 7 nitrogen and oxygen atoms in total. The minimum atomic E-state index is -0.454. The standard InChI is InChI=1S/C22H22FIN6OS/c1-3-12-30-20(14-25-19-10-8-18(24)9-11-19)27-29-22(30)32-15(2)21(31)28-26-13-16-4-6-17(23)7-5-16/h3-11,13,15,25H,1,12,14H2,2H3,(H,28,31). The SMILES string of the molecule is C=CCn1c(CNc2ccc(I)cc2)nnc1SC(C)C(=O)NN=Cc1ccc(F)cc1. The summed E-state index contributed by atoms with van der Waals surface area (Å²) in [5.74, 6) is 0.140. The highest BCUT2D eigenvalue weighted by atomic mass is 127. The van der Waals surface area contributed by atoms with Crippen molar-refractivity contribution in [2.24, 2.45) is 5.10 Å². The summed E-state index contributed by atoms with van der Waals surface area (Å²) in [5, 5.41) is 16.0. The highest BCUT2D eigenvalue weighted by Gasteiger charge is 2.19. The number of allylic oxidation sites excluding steroid dienone is 1. The molecular weight excluding hydrogens is 542 g/mol. The number of benzene rings is 2. The minimum absolute atomic E-state index is 0.278. The third kappa shape index (κ3) is 6.89. The van der Waals surface area contributed by atoms with Crippen LogP contribution < -0.4 is 10.7 Å². The van der Waals surface area contributed by atoms with Gasteiger partial charge in [-0.15, -0.1) is 16.8 Å². The number of carbonyl (C=O) groups is 1. The second kappa shape index (κ2) is 11.8. The summed E-state index contributed by atoms with van der Waals surface area (Å²) in [6, 6.07) is 13.9. The number of hydrazone groups is 1. The number of nitrogens with zero attached hydrogens (tertiary/aromatic N) is 4. The zero-order chi connectivity index (χ0) is 22.9. The molecule has 2 aromatic carbocycles. The number of amides is 1. The molecule has 0 radical (unpaired) electrons. The lowest BCUT2D eigenvalue weighted by atomic mass is 10.2. The Bertz CT molecular complexity index is 1080. The second-order valence-corrected chi connectivity index (χ2v) is 9.26. The average Bonchev–Trinajstić information content (AvgIpc) is 3.16. The van der Waals surface area contributed by atoms with Gasteiger partial charge in [-0.1, -0.05) is 30.0 Å². The van der Waals surface area contributed by atoms with Gasteiger partial charge in [-0.2, -0.15) is 5.10 Å². The lowest BCUT2D eigenvalue weighted by molar-refractivity contribution is -0.120. The van der Waals surface area contributed by atoms with E-state index in [1.54, 1.807) is 25.1 Å². The van der Waals surface area contributed by atoms with Crippen LogP contribution in [-0.4, -0.2) is 32.1 Å². The van der Waals surface area contributed by atoms with Gasteiger partial charge in [0.25, 0.3) is 5.91 Å². The Hall–Kier alpha value is -2.73. The normalized spacial score (nSPS) is 12.0. The third-order valence-corrected chi connectivity index (χ3v) is 6.11. The van der Waals surface area contributed by atoms with Crippen LogP contribution in [0.4, 0.5) is 10.1 Å². The molecule has 32 heavy (non-hydrogen) atoms. The van der Waals surface area contributed by atoms with Crippen LogP contribution in [0.2, 0.25) is 0 Å². The van der Waals surface area contributed by atoms with E-state index in [-0.39, 0.29) is 11.7 Å². The average molecular weight is 564 g/mol. The summed E-state index contributed by atoms with van der Waals surface area (Å²) in [7, 11) is 0. The van der Waals surface area contributed by atoms with E-state index in [1.807, 2.05) is 28.8 Å². The first-order valence-corrected chi connectivity index (χ1v) is 11.7. The van der Waals surface area contributed by atoms with Crippen molar-refractivity contribution in [1.82, 2.24) is 20.2 Å². The van der Waals surface area contributed by atoms with Crippen molar-refractivity contribution in [1.29, 1.82) is 0 Å². The summed E-state index contributed by atoms with van der Waals surface area (Å²) >= 11 is 3.55. The Morgan fingerprint density at radius 3 is 2.66 bits per heavy atom. The van der Waals surface area contributed by atoms with Gasteiger partial charge in [-0.05, 0) is 71.5 Å². The molecule has 2 N–H and O–H groups in total. The predicted molar refractivity (Wildman–Crippen MR) is 134 cm³/mol. The first-order chi connectivity index (χ1) is 15.5. The van der Waals surface area contributed by atoms with E-state index in [0.29, 0.717) is 23.8 Å². The number of hydrogen-bond acceptors (Lipinski definition) is 6. The molecule has 0 fully saturated rings. The Balaban J connectivity index is 1.59. The van der Waals surface area contributed by atoms with Crippen LogP contribution >= 0.6 is 34.4 Å². The molecular formula is C22H22FIN6OS. The molecule has 1 amide bonds. The summed E-state index contributed by atoms with van der Waals surface area (Å²) in [5.41, 5.74) is 4.17. The van der Waals surface area contributed by atoms with Gasteiger partial charge in [-0.25, -0.2) is 9.82 Å². The van der Waals surface area contributed by atoms with E-state index >= 15 is 0 Å². The highest BCUT2D eigenvalue weighted by molar-refractivity contribution is 14.1.